The highest BCUT2D eigenvalue weighted by atomic mass is 19.1. The Morgan fingerprint density at radius 2 is 2.28 bits per heavy atom. The van der Waals surface area contributed by atoms with Crippen LogP contribution in [0.1, 0.15) is 28.8 Å². The Hall–Kier alpha value is -2.07. The van der Waals surface area contributed by atoms with Gasteiger partial charge in [0, 0.05) is 18.0 Å². The molecule has 0 atom stereocenters. The summed E-state index contributed by atoms with van der Waals surface area (Å²) in [5.41, 5.74) is 8.57. The highest BCUT2D eigenvalue weighted by Gasteiger charge is 2.11. The molecule has 0 saturated carbocycles. The molecule has 0 aliphatic rings. The summed E-state index contributed by atoms with van der Waals surface area (Å²) in [6.45, 7) is 2.46. The van der Waals surface area contributed by atoms with Gasteiger partial charge in [-0.25, -0.2) is 4.39 Å². The van der Waals surface area contributed by atoms with Crippen molar-refractivity contribution in [2.45, 2.75) is 19.8 Å². The number of amides is 1. The van der Waals surface area contributed by atoms with Crippen LogP contribution in [0.4, 0.5) is 4.39 Å². The summed E-state index contributed by atoms with van der Waals surface area (Å²) in [7, 11) is 0. The fourth-order valence-electron chi connectivity index (χ4n) is 1.47. The van der Waals surface area contributed by atoms with E-state index in [-0.39, 0.29) is 5.56 Å². The van der Waals surface area contributed by atoms with Crippen LogP contribution < -0.4 is 5.32 Å². The number of rotatable bonds is 6. The van der Waals surface area contributed by atoms with E-state index in [0.29, 0.717) is 31.5 Å². The largest absolute Gasteiger partial charge is 0.352 e. The number of aryl methyl sites for hydroxylation is 1. The van der Waals surface area contributed by atoms with Gasteiger partial charge in [0.05, 0.1) is 5.56 Å². The lowest BCUT2D eigenvalue weighted by Crippen LogP contribution is -2.25. The molecule has 0 heterocycles. The third-order valence-corrected chi connectivity index (χ3v) is 2.47. The van der Waals surface area contributed by atoms with Gasteiger partial charge in [-0.15, -0.1) is 0 Å². The van der Waals surface area contributed by atoms with E-state index < -0.39 is 11.7 Å². The molecule has 1 aromatic rings. The molecule has 0 aromatic heterocycles. The third-order valence-electron chi connectivity index (χ3n) is 2.47. The molecule has 0 saturated heterocycles. The predicted octanol–water partition coefficient (Wildman–Crippen LogP) is 2.95. The number of hydrogen-bond donors (Lipinski definition) is 1. The molecule has 0 aliphatic heterocycles. The molecule has 1 amide bonds. The Kier molecular flexibility index (Phi) is 5.67. The summed E-state index contributed by atoms with van der Waals surface area (Å²) in [5, 5.41) is 6.01. The van der Waals surface area contributed by atoms with Gasteiger partial charge in [0.1, 0.15) is 5.82 Å². The molecule has 0 spiro atoms. The van der Waals surface area contributed by atoms with Gasteiger partial charge in [-0.3, -0.25) is 4.79 Å². The first-order valence-electron chi connectivity index (χ1n) is 5.71. The molecule has 96 valence electrons. The van der Waals surface area contributed by atoms with Crippen molar-refractivity contribution in [1.82, 2.24) is 5.32 Å². The lowest BCUT2D eigenvalue weighted by atomic mass is 10.1. The van der Waals surface area contributed by atoms with Crippen LogP contribution in [0.3, 0.4) is 0 Å². The zero-order valence-electron chi connectivity index (χ0n) is 10.2. The summed E-state index contributed by atoms with van der Waals surface area (Å²) >= 11 is 0. The molecule has 0 unspecified atom stereocenters. The van der Waals surface area contributed by atoms with E-state index in [0.717, 1.165) is 0 Å². The van der Waals surface area contributed by atoms with Crippen LogP contribution in [0.25, 0.3) is 10.4 Å². The van der Waals surface area contributed by atoms with Crippen LogP contribution in [-0.2, 0) is 0 Å². The molecule has 6 heteroatoms. The number of benzene rings is 1. The van der Waals surface area contributed by atoms with Gasteiger partial charge in [-0.1, -0.05) is 17.2 Å². The standard InChI is InChI=1S/C12H15FN4O/c1-9-5-4-6-10(11(9)13)12(18)15-7-2-3-8-16-17-14/h4-6H,2-3,7-8H2,1H3,(H,15,18). The van der Waals surface area contributed by atoms with Crippen LogP contribution in [0, 0.1) is 12.7 Å². The van der Waals surface area contributed by atoms with E-state index >= 15 is 0 Å². The Labute approximate surface area is 105 Å². The van der Waals surface area contributed by atoms with E-state index in [4.69, 9.17) is 5.53 Å². The van der Waals surface area contributed by atoms with E-state index in [1.54, 1.807) is 19.1 Å². The van der Waals surface area contributed by atoms with E-state index in [1.165, 1.54) is 6.07 Å². The second kappa shape index (κ2) is 7.29. The number of halogens is 1. The van der Waals surface area contributed by atoms with Gasteiger partial charge in [0.2, 0.25) is 0 Å². The Balaban J connectivity index is 2.41. The van der Waals surface area contributed by atoms with E-state index in [9.17, 15) is 9.18 Å². The zero-order chi connectivity index (χ0) is 13.4. The Bertz CT molecular complexity index is 469. The SMILES string of the molecule is Cc1cccc(C(=O)NCCCCN=[N+]=[N-])c1F. The monoisotopic (exact) mass is 250 g/mol. The minimum atomic E-state index is -0.482. The lowest BCUT2D eigenvalue weighted by molar-refractivity contribution is 0.0949. The molecule has 18 heavy (non-hydrogen) atoms. The maximum Gasteiger partial charge on any atom is 0.254 e. The molecule has 1 N–H and O–H groups in total. The van der Waals surface area contributed by atoms with Gasteiger partial charge < -0.3 is 5.32 Å². The number of carbonyl (C=O) groups is 1. The molecule has 1 aromatic carbocycles. The normalized spacial score (nSPS) is 9.67. The number of unbranched alkanes of at least 4 members (excludes halogenated alkanes) is 1. The van der Waals surface area contributed by atoms with Crippen molar-refractivity contribution in [2.24, 2.45) is 5.11 Å². The maximum atomic E-state index is 13.6. The predicted molar refractivity (Wildman–Crippen MR) is 66.7 cm³/mol. The zero-order valence-corrected chi connectivity index (χ0v) is 10.2. The molecule has 0 aliphatic carbocycles. The molecular formula is C12H15FN4O. The Morgan fingerprint density at radius 1 is 1.50 bits per heavy atom. The molecule has 1 rings (SSSR count). The number of carbonyl (C=O) groups excluding carboxylic acids is 1. The van der Waals surface area contributed by atoms with Gasteiger partial charge in [-0.05, 0) is 36.9 Å². The minimum absolute atomic E-state index is 0.0602. The van der Waals surface area contributed by atoms with E-state index in [1.807, 2.05) is 0 Å². The first-order valence-corrected chi connectivity index (χ1v) is 5.71. The highest BCUT2D eigenvalue weighted by molar-refractivity contribution is 5.94. The smallest absolute Gasteiger partial charge is 0.254 e. The first kappa shape index (κ1) is 14.0. The Morgan fingerprint density at radius 3 is 3.00 bits per heavy atom. The third kappa shape index (κ3) is 4.07. The second-order valence-corrected chi connectivity index (χ2v) is 3.85. The van der Waals surface area contributed by atoms with Crippen LogP contribution in [0.2, 0.25) is 0 Å². The van der Waals surface area contributed by atoms with Crippen LogP contribution in [0.15, 0.2) is 23.3 Å². The summed E-state index contributed by atoms with van der Waals surface area (Å²) in [6, 6.07) is 4.72. The van der Waals surface area contributed by atoms with E-state index in [2.05, 4.69) is 15.3 Å². The van der Waals surface area contributed by atoms with Crippen molar-refractivity contribution in [2.75, 3.05) is 13.1 Å². The highest BCUT2D eigenvalue weighted by Crippen LogP contribution is 2.11. The fraction of sp³-hybridized carbons (Fsp3) is 0.417. The summed E-state index contributed by atoms with van der Waals surface area (Å²) in [6.07, 6.45) is 1.39. The van der Waals surface area contributed by atoms with Gasteiger partial charge in [-0.2, -0.15) is 0 Å². The summed E-state index contributed by atoms with van der Waals surface area (Å²) < 4.78 is 13.6. The molecule has 0 radical (unpaired) electrons. The summed E-state index contributed by atoms with van der Waals surface area (Å²) in [4.78, 5) is 14.3. The van der Waals surface area contributed by atoms with Crippen molar-refractivity contribution in [3.63, 3.8) is 0 Å². The van der Waals surface area contributed by atoms with Crippen molar-refractivity contribution in [3.8, 4) is 0 Å². The van der Waals surface area contributed by atoms with Crippen LogP contribution in [-0.4, -0.2) is 19.0 Å². The molecule has 5 nitrogen and oxygen atoms in total. The second-order valence-electron chi connectivity index (χ2n) is 3.85. The van der Waals surface area contributed by atoms with Crippen LogP contribution in [0.5, 0.6) is 0 Å². The van der Waals surface area contributed by atoms with Gasteiger partial charge >= 0.3 is 0 Å². The van der Waals surface area contributed by atoms with Crippen molar-refractivity contribution < 1.29 is 9.18 Å². The average molecular weight is 250 g/mol. The minimum Gasteiger partial charge on any atom is -0.352 e. The van der Waals surface area contributed by atoms with Crippen molar-refractivity contribution in [1.29, 1.82) is 0 Å². The molecular weight excluding hydrogens is 235 g/mol. The number of nitrogens with zero attached hydrogens (tertiary/aromatic N) is 3. The molecule has 0 fully saturated rings. The fourth-order valence-corrected chi connectivity index (χ4v) is 1.47. The average Bonchev–Trinajstić information content (AvgIpc) is 2.36. The van der Waals surface area contributed by atoms with Gasteiger partial charge in [0.15, 0.2) is 0 Å². The lowest BCUT2D eigenvalue weighted by Gasteiger charge is -2.06. The van der Waals surface area contributed by atoms with Crippen molar-refractivity contribution in [3.05, 3.63) is 45.6 Å². The number of hydrogen-bond acceptors (Lipinski definition) is 2. The molecule has 0 bridgehead atoms. The van der Waals surface area contributed by atoms with Crippen LogP contribution >= 0.6 is 0 Å². The topological polar surface area (TPSA) is 77.9 Å². The van der Waals surface area contributed by atoms with Crippen molar-refractivity contribution >= 4 is 5.91 Å². The van der Waals surface area contributed by atoms with Gasteiger partial charge in [0.25, 0.3) is 5.91 Å². The maximum absolute atomic E-state index is 13.6. The number of azide groups is 1. The summed E-state index contributed by atoms with van der Waals surface area (Å²) in [5.74, 6) is -0.899. The first-order chi connectivity index (χ1) is 8.66. The quantitative estimate of drug-likeness (QED) is 0.358. The number of nitrogens with one attached hydrogen (secondary N) is 1.